The molecule has 2 rings (SSSR count). The maximum atomic E-state index is 11.9. The number of carbonyl (C=O) groups is 2. The van der Waals surface area contributed by atoms with Gasteiger partial charge in [0.05, 0.1) is 26.0 Å². The van der Waals surface area contributed by atoms with Crippen molar-refractivity contribution in [3.63, 3.8) is 0 Å². The summed E-state index contributed by atoms with van der Waals surface area (Å²) in [5, 5.41) is 2.79. The largest absolute Gasteiger partial charge is 0.466 e. The molecule has 2 unspecified atom stereocenters. The van der Waals surface area contributed by atoms with Gasteiger partial charge in [0.2, 0.25) is 0 Å². The van der Waals surface area contributed by atoms with E-state index in [1.165, 1.54) is 0 Å². The molecular weight excluding hydrogens is 248 g/mol. The molecule has 2 N–H and O–H groups in total. The van der Waals surface area contributed by atoms with Gasteiger partial charge in [0, 0.05) is 0 Å². The van der Waals surface area contributed by atoms with Crippen LogP contribution < -0.4 is 10.2 Å². The van der Waals surface area contributed by atoms with Crippen molar-refractivity contribution < 1.29 is 23.6 Å². The average molecular weight is 267 g/mol. The number of esters is 1. The Balaban J connectivity index is 2.01. The fourth-order valence-corrected chi connectivity index (χ4v) is 2.30. The fourth-order valence-electron chi connectivity index (χ4n) is 2.30. The molecule has 0 bridgehead atoms. The van der Waals surface area contributed by atoms with E-state index in [1.807, 2.05) is 12.1 Å². The molecule has 0 aliphatic carbocycles. The first-order valence-electron chi connectivity index (χ1n) is 6.51. The molecule has 0 spiro atoms. The highest BCUT2D eigenvalue weighted by atomic mass is 16.5. The predicted octanol–water partition coefficient (Wildman–Crippen LogP) is -0.884. The molecule has 0 radical (unpaired) electrons. The number of quaternary nitrogens is 1. The van der Waals surface area contributed by atoms with Gasteiger partial charge in [-0.25, -0.2) is 0 Å². The van der Waals surface area contributed by atoms with E-state index in [9.17, 15) is 9.59 Å². The minimum atomic E-state index is -0.405. The normalized spacial score (nSPS) is 22.9. The van der Waals surface area contributed by atoms with Crippen LogP contribution in [0.1, 0.15) is 19.1 Å². The average Bonchev–Trinajstić information content (AvgIpc) is 2.87. The van der Waals surface area contributed by atoms with E-state index in [-0.39, 0.29) is 18.3 Å². The van der Waals surface area contributed by atoms with Gasteiger partial charge in [-0.1, -0.05) is 0 Å². The van der Waals surface area contributed by atoms with E-state index < -0.39 is 6.04 Å². The monoisotopic (exact) mass is 267 g/mol. The molecule has 2 atom stereocenters. The number of rotatable bonds is 5. The van der Waals surface area contributed by atoms with Crippen LogP contribution in [-0.2, 0) is 20.9 Å². The molecule has 1 aromatic heterocycles. The lowest BCUT2D eigenvalue weighted by Crippen LogP contribution is -3.18. The third kappa shape index (κ3) is 3.57. The van der Waals surface area contributed by atoms with Crippen LogP contribution in [0.2, 0.25) is 0 Å². The van der Waals surface area contributed by atoms with Gasteiger partial charge in [0.15, 0.2) is 11.8 Å². The number of hydrogen-bond donors (Lipinski definition) is 2. The highest BCUT2D eigenvalue weighted by molar-refractivity contribution is 5.85. The summed E-state index contributed by atoms with van der Waals surface area (Å²) in [7, 11) is 0. The quantitative estimate of drug-likeness (QED) is 0.679. The van der Waals surface area contributed by atoms with Crippen LogP contribution in [0.15, 0.2) is 22.8 Å². The van der Waals surface area contributed by atoms with Crippen molar-refractivity contribution in [3.8, 4) is 0 Å². The zero-order chi connectivity index (χ0) is 13.7. The van der Waals surface area contributed by atoms with Crippen molar-refractivity contribution in [3.05, 3.63) is 24.2 Å². The highest BCUT2D eigenvalue weighted by Crippen LogP contribution is 2.00. The highest BCUT2D eigenvalue weighted by Gasteiger charge is 2.36. The Morgan fingerprint density at radius 2 is 2.47 bits per heavy atom. The summed E-state index contributed by atoms with van der Waals surface area (Å²) < 4.78 is 10.2. The van der Waals surface area contributed by atoms with Gasteiger partial charge in [0.25, 0.3) is 5.91 Å². The van der Waals surface area contributed by atoms with E-state index in [2.05, 4.69) is 5.32 Å². The standard InChI is InChI=1S/C13H18N2O4/c1-2-18-12(16)8-11-13(17)14-5-6-15(11)9-10-4-3-7-19-10/h3-4,7,11H,2,5-6,8-9H2,1H3,(H,14,17)/p+1. The van der Waals surface area contributed by atoms with Crippen molar-refractivity contribution in [1.29, 1.82) is 0 Å². The van der Waals surface area contributed by atoms with Crippen LogP contribution in [0, 0.1) is 0 Å². The molecule has 0 aromatic carbocycles. The number of carbonyl (C=O) groups excluding carboxylic acids is 2. The van der Waals surface area contributed by atoms with E-state index >= 15 is 0 Å². The van der Waals surface area contributed by atoms with Crippen LogP contribution >= 0.6 is 0 Å². The third-order valence-electron chi connectivity index (χ3n) is 3.21. The Hall–Kier alpha value is -1.82. The number of nitrogens with one attached hydrogen (secondary N) is 2. The summed E-state index contributed by atoms with van der Waals surface area (Å²) in [5.74, 6) is 0.390. The molecule has 1 aliphatic heterocycles. The number of piperazine rings is 1. The molecule has 6 nitrogen and oxygen atoms in total. The van der Waals surface area contributed by atoms with Crippen molar-refractivity contribution in [2.45, 2.75) is 25.9 Å². The minimum absolute atomic E-state index is 0.0964. The second-order valence-corrected chi connectivity index (χ2v) is 4.52. The smallest absolute Gasteiger partial charge is 0.312 e. The van der Waals surface area contributed by atoms with Gasteiger partial charge in [-0.2, -0.15) is 0 Å². The van der Waals surface area contributed by atoms with E-state index in [1.54, 1.807) is 13.2 Å². The number of ether oxygens (including phenoxy) is 1. The Morgan fingerprint density at radius 3 is 3.16 bits per heavy atom. The predicted molar refractivity (Wildman–Crippen MR) is 66.3 cm³/mol. The van der Waals surface area contributed by atoms with Crippen LogP contribution in [0.25, 0.3) is 0 Å². The molecule has 6 heteroatoms. The molecule has 1 aliphatic rings. The molecule has 2 heterocycles. The molecule has 19 heavy (non-hydrogen) atoms. The van der Waals surface area contributed by atoms with Crippen molar-refractivity contribution in [1.82, 2.24) is 5.32 Å². The summed E-state index contributed by atoms with van der Waals surface area (Å²) in [6.07, 6.45) is 1.72. The van der Waals surface area contributed by atoms with Gasteiger partial charge in [0.1, 0.15) is 13.0 Å². The lowest BCUT2D eigenvalue weighted by Gasteiger charge is -2.30. The van der Waals surface area contributed by atoms with Crippen molar-refractivity contribution in [2.24, 2.45) is 0 Å². The maximum absolute atomic E-state index is 11.9. The van der Waals surface area contributed by atoms with E-state index in [0.29, 0.717) is 19.7 Å². The zero-order valence-corrected chi connectivity index (χ0v) is 11.0. The Kier molecular flexibility index (Phi) is 4.57. The molecule has 1 aromatic rings. The van der Waals surface area contributed by atoms with Crippen LogP contribution in [0.4, 0.5) is 0 Å². The van der Waals surface area contributed by atoms with Gasteiger partial charge in [-0.3, -0.25) is 9.59 Å². The molecule has 1 fully saturated rings. The summed E-state index contributed by atoms with van der Waals surface area (Å²) in [5.41, 5.74) is 0. The minimum Gasteiger partial charge on any atom is -0.466 e. The Labute approximate surface area is 111 Å². The lowest BCUT2D eigenvalue weighted by atomic mass is 10.1. The van der Waals surface area contributed by atoms with Crippen LogP contribution in [0.3, 0.4) is 0 Å². The van der Waals surface area contributed by atoms with Gasteiger partial charge in [-0.15, -0.1) is 0 Å². The summed E-state index contributed by atoms with van der Waals surface area (Å²) in [6, 6.07) is 3.29. The first-order valence-corrected chi connectivity index (χ1v) is 6.51. The number of furan rings is 1. The first-order chi connectivity index (χ1) is 9.20. The molecule has 1 amide bonds. The number of amides is 1. The molecule has 0 saturated carbocycles. The van der Waals surface area contributed by atoms with E-state index in [0.717, 1.165) is 17.2 Å². The summed E-state index contributed by atoms with van der Waals surface area (Å²) >= 11 is 0. The summed E-state index contributed by atoms with van der Waals surface area (Å²) in [6.45, 7) is 4.09. The van der Waals surface area contributed by atoms with Crippen molar-refractivity contribution >= 4 is 11.9 Å². The molecule has 104 valence electrons. The third-order valence-corrected chi connectivity index (χ3v) is 3.21. The van der Waals surface area contributed by atoms with Gasteiger partial charge in [-0.05, 0) is 19.1 Å². The molecule has 1 saturated heterocycles. The fraction of sp³-hybridized carbons (Fsp3) is 0.538. The zero-order valence-electron chi connectivity index (χ0n) is 11.0. The first kappa shape index (κ1) is 13.6. The topological polar surface area (TPSA) is 73.0 Å². The van der Waals surface area contributed by atoms with E-state index in [4.69, 9.17) is 9.15 Å². The maximum Gasteiger partial charge on any atom is 0.312 e. The second-order valence-electron chi connectivity index (χ2n) is 4.52. The van der Waals surface area contributed by atoms with Crippen LogP contribution in [0.5, 0.6) is 0 Å². The Morgan fingerprint density at radius 1 is 1.63 bits per heavy atom. The van der Waals surface area contributed by atoms with Gasteiger partial charge >= 0.3 is 5.97 Å². The second kappa shape index (κ2) is 6.38. The SMILES string of the molecule is CCOC(=O)CC1C(=O)NCC[NH+]1Cc1ccco1. The van der Waals surface area contributed by atoms with Crippen LogP contribution in [-0.4, -0.2) is 37.6 Å². The lowest BCUT2D eigenvalue weighted by molar-refractivity contribution is -0.931. The summed E-state index contributed by atoms with van der Waals surface area (Å²) in [4.78, 5) is 24.5. The Bertz CT molecular complexity index is 430. The van der Waals surface area contributed by atoms with Crippen molar-refractivity contribution in [2.75, 3.05) is 19.7 Å². The van der Waals surface area contributed by atoms with Gasteiger partial charge < -0.3 is 19.4 Å². The molecular formula is C13H19N2O4+. The number of hydrogen-bond acceptors (Lipinski definition) is 4.